The van der Waals surface area contributed by atoms with Gasteiger partial charge < -0.3 is 14.6 Å². The van der Waals surface area contributed by atoms with E-state index in [1.807, 2.05) is 31.2 Å². The number of sulfone groups is 1. The molecule has 0 bridgehead atoms. The number of carbonyl (C=O) groups excluding carboxylic acids is 1. The number of carbonyl (C=O) groups is 1. The molecular weight excluding hydrogens is 586 g/mol. The number of nitrogens with zero attached hydrogens (tertiary/aromatic N) is 1. The number of aryl methyl sites for hydroxylation is 2. The number of alkyl halides is 3. The molecule has 1 atom stereocenters. The van der Waals surface area contributed by atoms with Gasteiger partial charge in [0.25, 0.3) is 9.84 Å². The number of hydrogen-bond acceptors (Lipinski definition) is 7. The number of hydrogen-bond donors (Lipinski definition) is 0. The molecule has 3 aromatic carbocycles. The van der Waals surface area contributed by atoms with Crippen molar-refractivity contribution in [3.63, 3.8) is 0 Å². The van der Waals surface area contributed by atoms with E-state index in [2.05, 4.69) is 0 Å². The fourth-order valence-corrected chi connectivity index (χ4v) is 6.48. The molecule has 0 fully saturated rings. The number of aromatic nitrogens is 1. The second kappa shape index (κ2) is 11.4. The van der Waals surface area contributed by atoms with Crippen LogP contribution in [0.1, 0.15) is 40.1 Å². The fourth-order valence-electron chi connectivity index (χ4n) is 4.55. The molecule has 2 heterocycles. The third kappa shape index (κ3) is 5.61. The van der Waals surface area contributed by atoms with E-state index in [0.717, 1.165) is 32.7 Å². The molecule has 5 rings (SSSR count). The van der Waals surface area contributed by atoms with Gasteiger partial charge in [-0.05, 0) is 73.2 Å². The number of halogens is 3. The zero-order valence-electron chi connectivity index (χ0n) is 22.4. The van der Waals surface area contributed by atoms with Gasteiger partial charge in [0.05, 0.1) is 32.3 Å². The molecule has 0 aliphatic heterocycles. The molecule has 0 radical (unpaired) electrons. The van der Waals surface area contributed by atoms with Gasteiger partial charge in [-0.3, -0.25) is 0 Å². The molecule has 0 saturated carbocycles. The van der Waals surface area contributed by atoms with Crippen LogP contribution in [-0.4, -0.2) is 24.9 Å². The number of carboxylic acid groups (broad SMARTS) is 1. The van der Waals surface area contributed by atoms with E-state index in [1.165, 1.54) is 29.5 Å². The molecule has 0 amide bonds. The first-order chi connectivity index (χ1) is 18.8. The minimum absolute atomic E-state index is 0. The largest absolute Gasteiger partial charge is 1.00 e. The molecule has 12 heteroatoms. The van der Waals surface area contributed by atoms with Crippen LogP contribution in [-0.2, 0) is 9.84 Å². The average Bonchev–Trinajstić information content (AvgIpc) is 3.25. The maximum absolute atomic E-state index is 12.9. The Morgan fingerprint density at radius 1 is 1.02 bits per heavy atom. The summed E-state index contributed by atoms with van der Waals surface area (Å²) in [5, 5.41) is 13.6. The predicted octanol–water partition coefficient (Wildman–Crippen LogP) is 3.53. The van der Waals surface area contributed by atoms with Crippen LogP contribution in [0.2, 0.25) is 0 Å². The predicted molar refractivity (Wildman–Crippen MR) is 145 cm³/mol. The molecule has 6 nitrogen and oxygen atoms in total. The van der Waals surface area contributed by atoms with Crippen molar-refractivity contribution in [2.75, 3.05) is 0 Å². The molecule has 41 heavy (non-hydrogen) atoms. The minimum Gasteiger partial charge on any atom is -0.545 e. The standard InChI is InChI=1S/C29H22F3NO5S2.Na/c1-15-8-13-23(38-17(3)18-9-11-19(12-10-18)40(36,37)29(30,31)32)25-21(28(34)35)14-22(33-26(15)25)27-16(2)20-6-4-5-7-24(20)39-27;/h4-14,17H,1-3H3,(H,34,35);/q;+1/p-1/t17-;/m0./s1. The molecule has 206 valence electrons. The number of carboxylic acids is 1. The Kier molecular flexibility index (Phi) is 8.60. The number of fused-ring (bicyclic) bond motifs is 2. The zero-order valence-corrected chi connectivity index (χ0v) is 26.0. The first-order valence-corrected chi connectivity index (χ1v) is 14.3. The van der Waals surface area contributed by atoms with E-state index >= 15 is 0 Å². The molecule has 0 aliphatic carbocycles. The molecule has 0 spiro atoms. The van der Waals surface area contributed by atoms with Gasteiger partial charge in [0.15, 0.2) is 0 Å². The summed E-state index contributed by atoms with van der Waals surface area (Å²) in [6.07, 6.45) is -0.771. The van der Waals surface area contributed by atoms with Crippen LogP contribution in [0, 0.1) is 13.8 Å². The molecule has 5 aromatic rings. The summed E-state index contributed by atoms with van der Waals surface area (Å²) in [5.41, 5.74) is -2.57. The number of thiophene rings is 1. The van der Waals surface area contributed by atoms with Gasteiger partial charge >= 0.3 is 35.1 Å². The Hall–Kier alpha value is -2.96. The third-order valence-corrected chi connectivity index (χ3v) is 9.49. The number of rotatable bonds is 6. The SMILES string of the molecule is Cc1c(-c2cc(C(=O)[O-])c3c(O[C@@H](C)c4ccc(S(=O)(=O)C(F)(F)F)cc4)ccc(C)c3n2)sc2ccccc12.[Na+]. The number of ether oxygens (including phenoxy) is 1. The van der Waals surface area contributed by atoms with Gasteiger partial charge in [0.2, 0.25) is 0 Å². The molecule has 0 saturated heterocycles. The zero-order chi connectivity index (χ0) is 29.0. The Morgan fingerprint density at radius 2 is 1.68 bits per heavy atom. The molecular formula is C29H21F3NNaO5S2. The van der Waals surface area contributed by atoms with Crippen molar-refractivity contribution in [3.05, 3.63) is 89.0 Å². The summed E-state index contributed by atoms with van der Waals surface area (Å²) in [7, 11) is -5.49. The van der Waals surface area contributed by atoms with Crippen LogP contribution in [0.4, 0.5) is 13.2 Å². The Balaban J connectivity index is 0.00000387. The van der Waals surface area contributed by atoms with Gasteiger partial charge in [-0.1, -0.05) is 36.4 Å². The Labute approximate surface area is 260 Å². The van der Waals surface area contributed by atoms with Crippen LogP contribution in [0.3, 0.4) is 0 Å². The van der Waals surface area contributed by atoms with E-state index in [0.29, 0.717) is 22.3 Å². The van der Waals surface area contributed by atoms with E-state index in [4.69, 9.17) is 9.72 Å². The van der Waals surface area contributed by atoms with E-state index in [-0.39, 0.29) is 46.3 Å². The first-order valence-electron chi connectivity index (χ1n) is 12.0. The van der Waals surface area contributed by atoms with Crippen LogP contribution in [0.15, 0.2) is 71.6 Å². The molecule has 0 N–H and O–H groups in total. The maximum atomic E-state index is 12.9. The summed E-state index contributed by atoms with van der Waals surface area (Å²) in [5.74, 6) is -1.23. The average molecular weight is 608 g/mol. The molecule has 2 aromatic heterocycles. The number of pyridine rings is 1. The van der Waals surface area contributed by atoms with Crippen molar-refractivity contribution in [2.45, 2.75) is 37.3 Å². The van der Waals surface area contributed by atoms with Gasteiger partial charge in [0.1, 0.15) is 11.9 Å². The molecule has 0 unspecified atom stereocenters. The number of benzene rings is 3. The number of aromatic carboxylic acids is 1. The first kappa shape index (κ1) is 31.0. The van der Waals surface area contributed by atoms with Crippen molar-refractivity contribution < 1.29 is 65.8 Å². The smallest absolute Gasteiger partial charge is 0.545 e. The summed E-state index contributed by atoms with van der Waals surface area (Å²) < 4.78 is 69.2. The van der Waals surface area contributed by atoms with E-state index < -0.39 is 32.3 Å². The van der Waals surface area contributed by atoms with Crippen molar-refractivity contribution in [1.82, 2.24) is 4.98 Å². The van der Waals surface area contributed by atoms with Crippen LogP contribution in [0.5, 0.6) is 5.75 Å². The summed E-state index contributed by atoms with van der Waals surface area (Å²) in [6, 6.07) is 16.8. The summed E-state index contributed by atoms with van der Waals surface area (Å²) >= 11 is 1.51. The molecule has 0 aliphatic rings. The monoisotopic (exact) mass is 607 g/mol. The van der Waals surface area contributed by atoms with Crippen LogP contribution in [0.25, 0.3) is 31.6 Å². The van der Waals surface area contributed by atoms with Crippen molar-refractivity contribution >= 4 is 48.1 Å². The van der Waals surface area contributed by atoms with E-state index in [1.54, 1.807) is 26.0 Å². The van der Waals surface area contributed by atoms with Gasteiger partial charge in [-0.2, -0.15) is 13.2 Å². The second-order valence-corrected chi connectivity index (χ2v) is 12.3. The Bertz CT molecular complexity index is 1900. The van der Waals surface area contributed by atoms with Crippen LogP contribution >= 0.6 is 11.3 Å². The topological polar surface area (TPSA) is 96.4 Å². The summed E-state index contributed by atoms with van der Waals surface area (Å²) in [4.78, 5) is 17.1. The normalized spacial score (nSPS) is 12.7. The fraction of sp³-hybridized carbons (Fsp3) is 0.172. The van der Waals surface area contributed by atoms with Gasteiger partial charge in [-0.15, -0.1) is 11.3 Å². The van der Waals surface area contributed by atoms with Crippen molar-refractivity contribution in [3.8, 4) is 16.3 Å². The second-order valence-electron chi connectivity index (χ2n) is 9.28. The van der Waals surface area contributed by atoms with Crippen molar-refractivity contribution in [1.29, 1.82) is 0 Å². The maximum Gasteiger partial charge on any atom is 1.00 e. The van der Waals surface area contributed by atoms with E-state index in [9.17, 15) is 31.5 Å². The quantitative estimate of drug-likeness (QED) is 0.274. The van der Waals surface area contributed by atoms with Gasteiger partial charge in [-0.25, -0.2) is 13.4 Å². The minimum atomic E-state index is -5.49. The summed E-state index contributed by atoms with van der Waals surface area (Å²) in [6.45, 7) is 5.36. The third-order valence-electron chi connectivity index (χ3n) is 6.69. The van der Waals surface area contributed by atoms with Crippen LogP contribution < -0.4 is 39.4 Å². The van der Waals surface area contributed by atoms with Crippen molar-refractivity contribution in [2.24, 2.45) is 0 Å². The van der Waals surface area contributed by atoms with Gasteiger partial charge in [0, 0.05) is 10.3 Å². The Morgan fingerprint density at radius 3 is 2.29 bits per heavy atom.